The second-order valence-electron chi connectivity index (χ2n) is 2.72. The van der Waals surface area contributed by atoms with Gasteiger partial charge in [-0.3, -0.25) is 0 Å². The van der Waals surface area contributed by atoms with Crippen LogP contribution in [-0.2, 0) is 0 Å². The molecule has 1 aromatic carbocycles. The zero-order valence-electron chi connectivity index (χ0n) is 7.51. The van der Waals surface area contributed by atoms with Crippen molar-refractivity contribution in [3.8, 4) is 0 Å². The Balaban J connectivity index is 3.19. The number of carbonyl (C=O) groups is 1. The third kappa shape index (κ3) is 2.94. The number of hydrogen-bond donors (Lipinski definition) is 1. The second-order valence-corrected chi connectivity index (χ2v) is 3.43. The smallest absolute Gasteiger partial charge is 0.337 e. The normalized spacial score (nSPS) is 10.9. The topological polar surface area (TPSA) is 37.3 Å². The maximum Gasteiger partial charge on any atom is 0.337 e. The summed E-state index contributed by atoms with van der Waals surface area (Å²) in [4.78, 5) is 10.6. The zero-order chi connectivity index (χ0) is 11.4. The number of halogens is 3. The van der Waals surface area contributed by atoms with E-state index in [0.717, 1.165) is 6.07 Å². The van der Waals surface area contributed by atoms with E-state index in [9.17, 15) is 9.18 Å². The van der Waals surface area contributed by atoms with Gasteiger partial charge < -0.3 is 5.11 Å². The van der Waals surface area contributed by atoms with Crippen molar-refractivity contribution < 1.29 is 14.3 Å². The van der Waals surface area contributed by atoms with Gasteiger partial charge in [0, 0.05) is 11.4 Å². The quantitative estimate of drug-likeness (QED) is 0.833. The summed E-state index contributed by atoms with van der Waals surface area (Å²) < 4.78 is 13.3. The van der Waals surface area contributed by atoms with E-state index in [4.69, 9.17) is 28.3 Å². The number of hydrogen-bond acceptors (Lipinski definition) is 1. The second kappa shape index (κ2) is 5.14. The molecule has 0 fully saturated rings. The van der Waals surface area contributed by atoms with Crippen molar-refractivity contribution in [2.75, 3.05) is 5.88 Å². The molecule has 0 aliphatic carbocycles. The SMILES string of the molecule is O=C(O)c1cc(F)c(C=CCCl)cc1Cl. The van der Waals surface area contributed by atoms with Gasteiger partial charge in [-0.15, -0.1) is 11.6 Å². The van der Waals surface area contributed by atoms with Crippen LogP contribution in [0.4, 0.5) is 4.39 Å². The monoisotopic (exact) mass is 248 g/mol. The van der Waals surface area contributed by atoms with Gasteiger partial charge in [0.25, 0.3) is 0 Å². The first-order valence-corrected chi connectivity index (χ1v) is 4.92. The minimum absolute atomic E-state index is 0.00174. The third-order valence-electron chi connectivity index (χ3n) is 1.70. The molecular formula is C10H7Cl2FO2. The Morgan fingerprint density at radius 1 is 1.53 bits per heavy atom. The predicted octanol–water partition coefficient (Wildman–Crippen LogP) is 3.43. The molecule has 0 saturated heterocycles. The van der Waals surface area contributed by atoms with Gasteiger partial charge in [0.15, 0.2) is 0 Å². The number of benzene rings is 1. The maximum absolute atomic E-state index is 13.3. The van der Waals surface area contributed by atoms with Crippen LogP contribution in [0.3, 0.4) is 0 Å². The van der Waals surface area contributed by atoms with Crippen LogP contribution >= 0.6 is 23.2 Å². The van der Waals surface area contributed by atoms with E-state index in [1.807, 2.05) is 0 Å². The molecule has 1 N–H and O–H groups in total. The zero-order valence-corrected chi connectivity index (χ0v) is 9.02. The summed E-state index contributed by atoms with van der Waals surface area (Å²) in [6.07, 6.45) is 2.98. The summed E-state index contributed by atoms with van der Waals surface area (Å²) in [5, 5.41) is 8.67. The average molecular weight is 249 g/mol. The molecule has 1 rings (SSSR count). The third-order valence-corrected chi connectivity index (χ3v) is 2.19. The van der Waals surface area contributed by atoms with Crippen molar-refractivity contribution in [2.24, 2.45) is 0 Å². The summed E-state index contributed by atoms with van der Waals surface area (Å²) in [7, 11) is 0. The predicted molar refractivity (Wildman–Crippen MR) is 58.1 cm³/mol. The standard InChI is InChI=1S/C10H7Cl2FO2/c11-3-1-2-6-4-8(12)7(10(14)15)5-9(6)13/h1-2,4-5H,3H2,(H,14,15). The maximum atomic E-state index is 13.3. The van der Waals surface area contributed by atoms with Crippen LogP contribution < -0.4 is 0 Å². The average Bonchev–Trinajstić information content (AvgIpc) is 2.18. The van der Waals surface area contributed by atoms with E-state index >= 15 is 0 Å². The molecule has 0 spiro atoms. The van der Waals surface area contributed by atoms with Gasteiger partial charge in [0.1, 0.15) is 5.82 Å². The van der Waals surface area contributed by atoms with E-state index in [2.05, 4.69) is 0 Å². The Morgan fingerprint density at radius 3 is 2.73 bits per heavy atom. The number of aromatic carboxylic acids is 1. The largest absolute Gasteiger partial charge is 0.478 e. The highest BCUT2D eigenvalue weighted by molar-refractivity contribution is 6.33. The summed E-state index contributed by atoms with van der Waals surface area (Å²) in [6.45, 7) is 0. The molecule has 0 atom stereocenters. The van der Waals surface area contributed by atoms with Crippen molar-refractivity contribution in [3.63, 3.8) is 0 Å². The Bertz CT molecular complexity index is 416. The first-order chi connectivity index (χ1) is 7.06. The molecule has 1 aromatic rings. The highest BCUT2D eigenvalue weighted by Gasteiger charge is 2.12. The van der Waals surface area contributed by atoms with E-state index in [1.165, 1.54) is 18.2 Å². The molecule has 5 heteroatoms. The molecule has 0 aliphatic rings. The molecule has 0 aliphatic heterocycles. The minimum Gasteiger partial charge on any atom is -0.478 e. The van der Waals surface area contributed by atoms with Gasteiger partial charge in [-0.1, -0.05) is 23.8 Å². The van der Waals surface area contributed by atoms with Crippen LogP contribution in [0, 0.1) is 5.82 Å². The number of carboxylic acid groups (broad SMARTS) is 1. The fourth-order valence-corrected chi connectivity index (χ4v) is 1.37. The molecule has 0 aromatic heterocycles. The van der Waals surface area contributed by atoms with Crippen LogP contribution in [0.25, 0.3) is 6.08 Å². The lowest BCUT2D eigenvalue weighted by molar-refractivity contribution is 0.0696. The Hall–Kier alpha value is -1.06. The van der Waals surface area contributed by atoms with Crippen LogP contribution in [0.5, 0.6) is 0 Å². The molecule has 15 heavy (non-hydrogen) atoms. The first kappa shape index (κ1) is 12.0. The van der Waals surface area contributed by atoms with E-state index in [1.54, 1.807) is 0 Å². The number of carboxylic acids is 1. The van der Waals surface area contributed by atoms with Gasteiger partial charge in [0.2, 0.25) is 0 Å². The minimum atomic E-state index is -1.26. The summed E-state index contributed by atoms with van der Waals surface area (Å²) >= 11 is 11.0. The molecule has 0 heterocycles. The number of alkyl halides is 1. The summed E-state index contributed by atoms with van der Waals surface area (Å²) in [5.74, 6) is -1.65. The van der Waals surface area contributed by atoms with Gasteiger partial charge in [0.05, 0.1) is 10.6 Å². The fourth-order valence-electron chi connectivity index (χ4n) is 1.03. The Labute approximate surface area is 95.9 Å². The lowest BCUT2D eigenvalue weighted by Gasteiger charge is -2.02. The van der Waals surface area contributed by atoms with Gasteiger partial charge >= 0.3 is 5.97 Å². The number of rotatable bonds is 3. The van der Waals surface area contributed by atoms with Crippen LogP contribution in [0.1, 0.15) is 15.9 Å². The lowest BCUT2D eigenvalue weighted by Crippen LogP contribution is -1.99. The van der Waals surface area contributed by atoms with E-state index in [0.29, 0.717) is 0 Å². The van der Waals surface area contributed by atoms with Crippen molar-refractivity contribution >= 4 is 35.2 Å². The molecule has 0 radical (unpaired) electrons. The van der Waals surface area contributed by atoms with Crippen molar-refractivity contribution in [1.29, 1.82) is 0 Å². The van der Waals surface area contributed by atoms with Crippen LogP contribution in [-0.4, -0.2) is 17.0 Å². The number of allylic oxidation sites excluding steroid dienone is 1. The molecule has 0 bridgehead atoms. The van der Waals surface area contributed by atoms with E-state index < -0.39 is 11.8 Å². The highest BCUT2D eigenvalue weighted by Crippen LogP contribution is 2.21. The van der Waals surface area contributed by atoms with Gasteiger partial charge in [-0.2, -0.15) is 0 Å². The van der Waals surface area contributed by atoms with E-state index in [-0.39, 0.29) is 22.0 Å². The highest BCUT2D eigenvalue weighted by atomic mass is 35.5. The molecule has 0 saturated carbocycles. The summed E-state index contributed by atoms with van der Waals surface area (Å²) in [5.41, 5.74) is -0.0390. The van der Waals surface area contributed by atoms with Crippen molar-refractivity contribution in [1.82, 2.24) is 0 Å². The molecule has 0 amide bonds. The fraction of sp³-hybridized carbons (Fsp3) is 0.100. The van der Waals surface area contributed by atoms with Crippen LogP contribution in [0.15, 0.2) is 18.2 Å². The molecule has 2 nitrogen and oxygen atoms in total. The Kier molecular flexibility index (Phi) is 4.12. The van der Waals surface area contributed by atoms with Gasteiger partial charge in [-0.25, -0.2) is 9.18 Å². The van der Waals surface area contributed by atoms with Crippen molar-refractivity contribution in [2.45, 2.75) is 0 Å². The summed E-state index contributed by atoms with van der Waals surface area (Å²) in [6, 6.07) is 2.14. The molecule has 80 valence electrons. The van der Waals surface area contributed by atoms with Crippen molar-refractivity contribution in [3.05, 3.63) is 40.2 Å². The molecule has 0 unspecified atom stereocenters. The molecular weight excluding hydrogens is 242 g/mol. The lowest BCUT2D eigenvalue weighted by atomic mass is 10.1. The van der Waals surface area contributed by atoms with Crippen LogP contribution in [0.2, 0.25) is 5.02 Å². The van der Waals surface area contributed by atoms with Gasteiger partial charge in [-0.05, 0) is 12.1 Å². The first-order valence-electron chi connectivity index (χ1n) is 4.01. The Morgan fingerprint density at radius 2 is 2.20 bits per heavy atom.